The lowest BCUT2D eigenvalue weighted by Crippen LogP contribution is -1.95. The molecule has 0 spiro atoms. The number of carbonyl (C=O) groups excluding carboxylic acids is 1. The maximum absolute atomic E-state index is 11.8. The summed E-state index contributed by atoms with van der Waals surface area (Å²) in [5.41, 5.74) is 0.267. The summed E-state index contributed by atoms with van der Waals surface area (Å²) in [5, 5.41) is 36.8. The summed E-state index contributed by atoms with van der Waals surface area (Å²) in [4.78, 5) is 24.7. The first-order valence-electron chi connectivity index (χ1n) is 6.80. The van der Waals surface area contributed by atoms with E-state index in [9.17, 15) is 20.0 Å². The number of aromatic amines is 1. The van der Waals surface area contributed by atoms with Crippen LogP contribution in [0, 0.1) is 17.0 Å². The molecule has 128 valence electrons. The lowest BCUT2D eigenvalue weighted by molar-refractivity contribution is -0.384. The Morgan fingerprint density at radius 2 is 2.28 bits per heavy atom. The molecule has 0 radical (unpaired) electrons. The molecule has 0 unspecified atom stereocenters. The standard InChI is InChI=1S/C13H10N6O4S2/c1-6-15-18-13(25-6)24-5-10(20)16-17-11-8-4-7(19(22)23)2-3-9(8)14-12(11)21/h2-4,14,21H,5H2,1H3. The average Bonchev–Trinajstić information content (AvgIpc) is 3.12. The van der Waals surface area contributed by atoms with Crippen molar-refractivity contribution in [3.05, 3.63) is 33.3 Å². The molecule has 0 atom stereocenters. The van der Waals surface area contributed by atoms with Crippen molar-refractivity contribution < 1.29 is 14.8 Å². The number of thioether (sulfide) groups is 1. The Balaban J connectivity index is 1.77. The fourth-order valence-electron chi connectivity index (χ4n) is 1.96. The summed E-state index contributed by atoms with van der Waals surface area (Å²) in [5.74, 6) is -0.835. The number of non-ortho nitro benzene ring substituents is 1. The molecule has 0 fully saturated rings. The third-order valence-electron chi connectivity index (χ3n) is 3.03. The molecule has 2 heterocycles. The van der Waals surface area contributed by atoms with Gasteiger partial charge in [0.2, 0.25) is 5.88 Å². The van der Waals surface area contributed by atoms with E-state index in [1.54, 1.807) is 0 Å². The van der Waals surface area contributed by atoms with E-state index in [1.807, 2.05) is 6.92 Å². The molecule has 10 nitrogen and oxygen atoms in total. The number of azo groups is 1. The van der Waals surface area contributed by atoms with E-state index in [1.165, 1.54) is 41.3 Å². The molecule has 1 amide bonds. The van der Waals surface area contributed by atoms with E-state index < -0.39 is 10.8 Å². The van der Waals surface area contributed by atoms with Gasteiger partial charge >= 0.3 is 0 Å². The van der Waals surface area contributed by atoms with Gasteiger partial charge in [0.25, 0.3) is 11.6 Å². The summed E-state index contributed by atoms with van der Waals surface area (Å²) in [6.45, 7) is 1.81. The molecule has 0 saturated carbocycles. The van der Waals surface area contributed by atoms with E-state index in [0.717, 1.165) is 5.01 Å². The van der Waals surface area contributed by atoms with Crippen LogP contribution in [-0.4, -0.2) is 36.9 Å². The Morgan fingerprint density at radius 1 is 1.48 bits per heavy atom. The van der Waals surface area contributed by atoms with Crippen molar-refractivity contribution in [2.45, 2.75) is 11.3 Å². The molecule has 0 bridgehead atoms. The lowest BCUT2D eigenvalue weighted by Gasteiger charge is -1.94. The van der Waals surface area contributed by atoms with Crippen LogP contribution in [0.1, 0.15) is 5.01 Å². The van der Waals surface area contributed by atoms with Gasteiger partial charge in [-0.3, -0.25) is 14.9 Å². The number of hydrogen-bond acceptors (Lipinski definition) is 9. The zero-order valence-corrected chi connectivity index (χ0v) is 14.3. The van der Waals surface area contributed by atoms with Crippen LogP contribution in [0.25, 0.3) is 10.9 Å². The molecule has 2 N–H and O–H groups in total. The molecule has 12 heteroatoms. The van der Waals surface area contributed by atoms with Crippen LogP contribution in [0.2, 0.25) is 0 Å². The highest BCUT2D eigenvalue weighted by atomic mass is 32.2. The molecule has 0 aliphatic carbocycles. The number of nitrogens with zero attached hydrogens (tertiary/aromatic N) is 5. The number of hydrogen-bond donors (Lipinski definition) is 2. The second-order valence-corrected chi connectivity index (χ2v) is 7.18. The maximum Gasteiger partial charge on any atom is 0.275 e. The van der Waals surface area contributed by atoms with Crippen LogP contribution in [-0.2, 0) is 4.79 Å². The largest absolute Gasteiger partial charge is 0.493 e. The third-order valence-corrected chi connectivity index (χ3v) is 4.99. The molecule has 0 aliphatic rings. The highest BCUT2D eigenvalue weighted by Gasteiger charge is 2.15. The minimum absolute atomic E-state index is 0.0153. The van der Waals surface area contributed by atoms with Crippen molar-refractivity contribution >= 4 is 51.3 Å². The number of aromatic nitrogens is 3. The first kappa shape index (κ1) is 17.0. The van der Waals surface area contributed by atoms with Gasteiger partial charge in [-0.15, -0.1) is 20.4 Å². The molecular weight excluding hydrogens is 368 g/mol. The molecule has 3 aromatic rings. The van der Waals surface area contributed by atoms with Gasteiger partial charge in [-0.25, -0.2) is 0 Å². The molecule has 2 aromatic heterocycles. The lowest BCUT2D eigenvalue weighted by atomic mass is 10.2. The number of H-pyrrole nitrogens is 1. The van der Waals surface area contributed by atoms with Crippen molar-refractivity contribution in [3.63, 3.8) is 0 Å². The Bertz CT molecular complexity index is 996. The van der Waals surface area contributed by atoms with Gasteiger partial charge in [0.05, 0.1) is 16.2 Å². The molecule has 1 aromatic carbocycles. The van der Waals surface area contributed by atoms with Crippen LogP contribution in [0.15, 0.2) is 32.8 Å². The van der Waals surface area contributed by atoms with Gasteiger partial charge in [0.1, 0.15) is 5.01 Å². The summed E-state index contributed by atoms with van der Waals surface area (Å²) >= 11 is 2.54. The van der Waals surface area contributed by atoms with Gasteiger partial charge in [-0.05, 0) is 13.0 Å². The van der Waals surface area contributed by atoms with Gasteiger partial charge < -0.3 is 10.1 Å². The second kappa shape index (κ2) is 6.94. The zero-order valence-electron chi connectivity index (χ0n) is 12.7. The monoisotopic (exact) mass is 378 g/mol. The van der Waals surface area contributed by atoms with Crippen molar-refractivity contribution in [1.82, 2.24) is 15.2 Å². The van der Waals surface area contributed by atoms with Gasteiger partial charge in [-0.2, -0.15) is 0 Å². The number of nitro benzene ring substituents is 1. The van der Waals surface area contributed by atoms with E-state index in [-0.39, 0.29) is 23.0 Å². The second-order valence-electron chi connectivity index (χ2n) is 4.78. The number of nitro groups is 1. The summed E-state index contributed by atoms with van der Waals surface area (Å²) < 4.78 is 0.645. The van der Waals surface area contributed by atoms with Gasteiger partial charge in [0.15, 0.2) is 10.0 Å². The predicted molar refractivity (Wildman–Crippen MR) is 91.5 cm³/mol. The fraction of sp³-hybridized carbons (Fsp3) is 0.154. The minimum atomic E-state index is -0.559. The van der Waals surface area contributed by atoms with Crippen molar-refractivity contribution in [2.75, 3.05) is 5.75 Å². The molecular formula is C13H10N6O4S2. The van der Waals surface area contributed by atoms with Gasteiger partial charge in [0, 0.05) is 17.5 Å². The van der Waals surface area contributed by atoms with E-state index in [0.29, 0.717) is 15.2 Å². The Hall–Kier alpha value is -2.86. The van der Waals surface area contributed by atoms with Crippen LogP contribution < -0.4 is 0 Å². The number of nitrogens with one attached hydrogen (secondary N) is 1. The third kappa shape index (κ3) is 3.80. The SMILES string of the molecule is Cc1nnc(SCC(=O)N=Nc2c(O)[nH]c3ccc([N+](=O)[O-])cc23)s1. The molecule has 0 saturated heterocycles. The van der Waals surface area contributed by atoms with Crippen LogP contribution in [0.4, 0.5) is 11.4 Å². The molecule has 0 aliphatic heterocycles. The predicted octanol–water partition coefficient (Wildman–Crippen LogP) is 3.34. The normalized spacial score (nSPS) is 11.4. The number of aromatic hydroxyl groups is 1. The summed E-state index contributed by atoms with van der Waals surface area (Å²) in [6.07, 6.45) is 0. The zero-order chi connectivity index (χ0) is 18.0. The van der Waals surface area contributed by atoms with Gasteiger partial charge in [-0.1, -0.05) is 23.1 Å². The van der Waals surface area contributed by atoms with Crippen LogP contribution in [0.3, 0.4) is 0 Å². The number of amides is 1. The number of rotatable bonds is 5. The topological polar surface area (TPSA) is 147 Å². The smallest absolute Gasteiger partial charge is 0.275 e. The molecule has 25 heavy (non-hydrogen) atoms. The number of aryl methyl sites for hydroxylation is 1. The van der Waals surface area contributed by atoms with E-state index in [2.05, 4.69) is 25.4 Å². The van der Waals surface area contributed by atoms with Crippen molar-refractivity contribution in [1.29, 1.82) is 0 Å². The van der Waals surface area contributed by atoms with E-state index in [4.69, 9.17) is 0 Å². The molecule has 3 rings (SSSR count). The number of carbonyl (C=O) groups is 1. The quantitative estimate of drug-likeness (QED) is 0.299. The summed E-state index contributed by atoms with van der Waals surface area (Å²) in [7, 11) is 0. The van der Waals surface area contributed by atoms with E-state index >= 15 is 0 Å². The Labute approximate surface area is 148 Å². The Kier molecular flexibility index (Phi) is 4.72. The highest BCUT2D eigenvalue weighted by Crippen LogP contribution is 2.37. The fourth-order valence-corrected chi connectivity index (χ4v) is 3.55. The first-order chi connectivity index (χ1) is 11.9. The minimum Gasteiger partial charge on any atom is -0.493 e. The Morgan fingerprint density at radius 3 is 2.96 bits per heavy atom. The van der Waals surface area contributed by atoms with Crippen LogP contribution in [0.5, 0.6) is 5.88 Å². The van der Waals surface area contributed by atoms with Crippen molar-refractivity contribution in [3.8, 4) is 5.88 Å². The highest BCUT2D eigenvalue weighted by molar-refractivity contribution is 8.01. The number of benzene rings is 1. The van der Waals surface area contributed by atoms with Crippen molar-refractivity contribution in [2.24, 2.45) is 10.2 Å². The first-order valence-corrected chi connectivity index (χ1v) is 8.61. The maximum atomic E-state index is 11.8. The van der Waals surface area contributed by atoms with Crippen LogP contribution >= 0.6 is 23.1 Å². The number of fused-ring (bicyclic) bond motifs is 1. The summed E-state index contributed by atoms with van der Waals surface area (Å²) in [6, 6.07) is 4.00. The average molecular weight is 378 g/mol.